The second-order valence-corrected chi connectivity index (χ2v) is 5.87. The smallest absolute Gasteiger partial charge is 0.252 e. The molecule has 0 spiro atoms. The van der Waals surface area contributed by atoms with Crippen molar-refractivity contribution in [2.45, 2.75) is 46.3 Å². The van der Waals surface area contributed by atoms with Gasteiger partial charge >= 0.3 is 0 Å². The first-order valence-corrected chi connectivity index (χ1v) is 6.39. The predicted molar refractivity (Wildman–Crippen MR) is 71.6 cm³/mol. The van der Waals surface area contributed by atoms with Crippen molar-refractivity contribution < 1.29 is 9.90 Å². The maximum absolute atomic E-state index is 12.3. The van der Waals surface area contributed by atoms with Gasteiger partial charge < -0.3 is 10.4 Å². The summed E-state index contributed by atoms with van der Waals surface area (Å²) >= 11 is 0. The highest BCUT2D eigenvalue weighted by atomic mass is 16.3. The van der Waals surface area contributed by atoms with Crippen LogP contribution in [0.1, 0.15) is 41.8 Å². The number of aliphatic hydroxyl groups excluding tert-OH is 1. The summed E-state index contributed by atoms with van der Waals surface area (Å²) in [6.07, 6.45) is 0.324. The molecule has 0 saturated heterocycles. The average Bonchev–Trinajstić information content (AvgIpc) is 2.28. The molecule has 2 rings (SSSR count). The van der Waals surface area contributed by atoms with E-state index in [4.69, 9.17) is 0 Å². The molecule has 3 heteroatoms. The van der Waals surface area contributed by atoms with E-state index in [0.717, 1.165) is 16.7 Å². The van der Waals surface area contributed by atoms with Crippen LogP contribution in [-0.2, 0) is 0 Å². The lowest BCUT2D eigenvalue weighted by molar-refractivity contribution is -0.0689. The average molecular weight is 247 g/mol. The van der Waals surface area contributed by atoms with E-state index in [1.54, 1.807) is 0 Å². The number of hydrogen-bond donors (Lipinski definition) is 2. The Hall–Kier alpha value is -1.35. The van der Waals surface area contributed by atoms with Gasteiger partial charge in [-0.05, 0) is 31.4 Å². The minimum Gasteiger partial charge on any atom is -0.392 e. The molecule has 1 aliphatic carbocycles. The highest BCUT2D eigenvalue weighted by Gasteiger charge is 2.48. The third kappa shape index (κ3) is 2.03. The van der Waals surface area contributed by atoms with Gasteiger partial charge in [-0.1, -0.05) is 32.0 Å². The van der Waals surface area contributed by atoms with Gasteiger partial charge in [0.05, 0.1) is 6.10 Å². The first-order valence-electron chi connectivity index (χ1n) is 6.39. The maximum atomic E-state index is 12.3. The fraction of sp³-hybridized carbons (Fsp3) is 0.533. The van der Waals surface area contributed by atoms with Crippen LogP contribution in [0.2, 0.25) is 0 Å². The van der Waals surface area contributed by atoms with Crippen molar-refractivity contribution in [2.24, 2.45) is 5.41 Å². The molecule has 18 heavy (non-hydrogen) atoms. The van der Waals surface area contributed by atoms with Crippen molar-refractivity contribution >= 4 is 5.91 Å². The lowest BCUT2D eigenvalue weighted by Crippen LogP contribution is -2.61. The van der Waals surface area contributed by atoms with E-state index in [-0.39, 0.29) is 23.5 Å². The summed E-state index contributed by atoms with van der Waals surface area (Å²) < 4.78 is 0. The molecule has 2 unspecified atom stereocenters. The second kappa shape index (κ2) is 4.39. The quantitative estimate of drug-likeness (QED) is 0.841. The number of amides is 1. The van der Waals surface area contributed by atoms with Crippen LogP contribution >= 0.6 is 0 Å². The minimum atomic E-state index is -0.319. The van der Waals surface area contributed by atoms with Crippen LogP contribution in [0.5, 0.6) is 0 Å². The number of benzene rings is 1. The van der Waals surface area contributed by atoms with Crippen LogP contribution in [0.15, 0.2) is 18.2 Å². The third-order valence-electron chi connectivity index (χ3n) is 4.23. The number of aryl methyl sites for hydroxylation is 2. The number of nitrogens with one attached hydrogen (secondary N) is 1. The molecule has 2 N–H and O–H groups in total. The van der Waals surface area contributed by atoms with Gasteiger partial charge in [-0.15, -0.1) is 0 Å². The summed E-state index contributed by atoms with van der Waals surface area (Å²) in [6.45, 7) is 7.86. The highest BCUT2D eigenvalue weighted by Crippen LogP contribution is 2.40. The second-order valence-electron chi connectivity index (χ2n) is 5.87. The van der Waals surface area contributed by atoms with Crippen molar-refractivity contribution in [3.05, 3.63) is 34.9 Å². The molecule has 0 heterocycles. The number of hydrogen-bond acceptors (Lipinski definition) is 2. The molecular weight excluding hydrogens is 226 g/mol. The van der Waals surface area contributed by atoms with E-state index >= 15 is 0 Å². The topological polar surface area (TPSA) is 49.3 Å². The van der Waals surface area contributed by atoms with Crippen molar-refractivity contribution in [2.75, 3.05) is 0 Å². The number of rotatable bonds is 2. The van der Waals surface area contributed by atoms with Crippen LogP contribution in [0.3, 0.4) is 0 Å². The van der Waals surface area contributed by atoms with Gasteiger partial charge in [-0.2, -0.15) is 0 Å². The number of aliphatic hydroxyl groups is 1. The van der Waals surface area contributed by atoms with Crippen molar-refractivity contribution in [3.8, 4) is 0 Å². The Balaban J connectivity index is 2.14. The Morgan fingerprint density at radius 1 is 1.33 bits per heavy atom. The van der Waals surface area contributed by atoms with Crippen LogP contribution in [0.25, 0.3) is 0 Å². The first kappa shape index (κ1) is 13.1. The van der Waals surface area contributed by atoms with Crippen LogP contribution in [0.4, 0.5) is 0 Å². The standard InChI is InChI=1S/C15H21NO2/c1-9-6-5-7-10(2)13(9)14(18)16-11-8-12(17)15(11,3)4/h5-7,11-12,17H,8H2,1-4H3,(H,16,18). The lowest BCUT2D eigenvalue weighted by atomic mass is 9.64. The van der Waals surface area contributed by atoms with E-state index in [1.165, 1.54) is 0 Å². The molecule has 0 aromatic heterocycles. The number of carbonyl (C=O) groups is 1. The molecule has 1 aromatic carbocycles. The van der Waals surface area contributed by atoms with Crippen LogP contribution in [0, 0.1) is 19.3 Å². The summed E-state index contributed by atoms with van der Waals surface area (Å²) in [4.78, 5) is 12.3. The summed E-state index contributed by atoms with van der Waals surface area (Å²) in [5.74, 6) is -0.0319. The zero-order valence-corrected chi connectivity index (χ0v) is 11.4. The Morgan fingerprint density at radius 2 is 1.89 bits per heavy atom. The number of carbonyl (C=O) groups excluding carboxylic acids is 1. The van der Waals surface area contributed by atoms with Gasteiger partial charge in [0.15, 0.2) is 0 Å². The fourth-order valence-electron chi connectivity index (χ4n) is 2.55. The van der Waals surface area contributed by atoms with E-state index in [2.05, 4.69) is 5.32 Å². The lowest BCUT2D eigenvalue weighted by Gasteiger charge is -2.49. The summed E-state index contributed by atoms with van der Waals surface area (Å²) in [6, 6.07) is 5.91. The third-order valence-corrected chi connectivity index (χ3v) is 4.23. The van der Waals surface area contributed by atoms with Crippen LogP contribution in [-0.4, -0.2) is 23.2 Å². The van der Waals surface area contributed by atoms with E-state index in [1.807, 2.05) is 45.9 Å². The fourth-order valence-corrected chi connectivity index (χ4v) is 2.55. The van der Waals surface area contributed by atoms with E-state index < -0.39 is 0 Å². The predicted octanol–water partition coefficient (Wildman–Crippen LogP) is 2.19. The molecule has 1 aliphatic rings. The SMILES string of the molecule is Cc1cccc(C)c1C(=O)NC1CC(O)C1(C)C. The van der Waals surface area contributed by atoms with Crippen molar-refractivity contribution in [1.82, 2.24) is 5.32 Å². The summed E-state index contributed by atoms with van der Waals surface area (Å²) in [7, 11) is 0. The molecule has 0 aliphatic heterocycles. The molecule has 98 valence electrons. The van der Waals surface area contributed by atoms with Crippen LogP contribution < -0.4 is 5.32 Å². The Morgan fingerprint density at radius 3 is 2.33 bits per heavy atom. The van der Waals surface area contributed by atoms with Gasteiger partial charge in [0, 0.05) is 17.0 Å². The van der Waals surface area contributed by atoms with Crippen molar-refractivity contribution in [3.63, 3.8) is 0 Å². The van der Waals surface area contributed by atoms with Gasteiger partial charge in [-0.25, -0.2) is 0 Å². The first-order chi connectivity index (χ1) is 8.34. The Kier molecular flexibility index (Phi) is 3.20. The zero-order chi connectivity index (χ0) is 13.5. The molecule has 3 nitrogen and oxygen atoms in total. The molecule has 0 bridgehead atoms. The van der Waals surface area contributed by atoms with Crippen molar-refractivity contribution in [1.29, 1.82) is 0 Å². The molecule has 0 radical (unpaired) electrons. The molecule has 1 aromatic rings. The molecule has 1 fully saturated rings. The maximum Gasteiger partial charge on any atom is 0.252 e. The molecular formula is C15H21NO2. The summed E-state index contributed by atoms with van der Waals surface area (Å²) in [5, 5.41) is 12.7. The Labute approximate surface area is 108 Å². The highest BCUT2D eigenvalue weighted by molar-refractivity contribution is 5.97. The minimum absolute atomic E-state index is 0.0319. The normalized spacial score (nSPS) is 25.4. The Bertz CT molecular complexity index is 459. The van der Waals surface area contributed by atoms with Gasteiger partial charge in [0.25, 0.3) is 5.91 Å². The summed E-state index contributed by atoms with van der Waals surface area (Å²) in [5.41, 5.74) is 2.51. The monoisotopic (exact) mass is 247 g/mol. The van der Waals surface area contributed by atoms with Gasteiger partial charge in [0.1, 0.15) is 0 Å². The zero-order valence-electron chi connectivity index (χ0n) is 11.4. The van der Waals surface area contributed by atoms with Gasteiger partial charge in [0.2, 0.25) is 0 Å². The van der Waals surface area contributed by atoms with E-state index in [9.17, 15) is 9.90 Å². The van der Waals surface area contributed by atoms with Gasteiger partial charge in [-0.3, -0.25) is 4.79 Å². The van der Waals surface area contributed by atoms with E-state index in [0.29, 0.717) is 6.42 Å². The largest absolute Gasteiger partial charge is 0.392 e. The molecule has 1 saturated carbocycles. The molecule has 1 amide bonds. The molecule has 2 atom stereocenters.